The highest BCUT2D eigenvalue weighted by Crippen LogP contribution is 2.24. The van der Waals surface area contributed by atoms with Crippen molar-refractivity contribution in [3.8, 4) is 0 Å². The van der Waals surface area contributed by atoms with Crippen LogP contribution in [0.25, 0.3) is 0 Å². The van der Waals surface area contributed by atoms with Gasteiger partial charge in [-0.1, -0.05) is 6.42 Å². The SMILES string of the molecule is CCOC(=O)CNC(=O)NCC1CCCCS1. The van der Waals surface area contributed by atoms with Crippen LogP contribution in [-0.2, 0) is 9.53 Å². The molecule has 1 aliphatic rings. The highest BCUT2D eigenvalue weighted by molar-refractivity contribution is 7.99. The number of carbonyl (C=O) groups is 2. The zero-order valence-corrected chi connectivity index (χ0v) is 11.0. The van der Waals surface area contributed by atoms with Gasteiger partial charge < -0.3 is 15.4 Å². The molecule has 1 aliphatic heterocycles. The molecule has 0 aromatic rings. The van der Waals surface area contributed by atoms with Crippen LogP contribution >= 0.6 is 11.8 Å². The topological polar surface area (TPSA) is 67.4 Å². The summed E-state index contributed by atoms with van der Waals surface area (Å²) in [6.45, 7) is 2.66. The molecule has 1 fully saturated rings. The van der Waals surface area contributed by atoms with Crippen LogP contribution in [0.2, 0.25) is 0 Å². The summed E-state index contributed by atoms with van der Waals surface area (Å²) in [6, 6.07) is -0.302. The maximum absolute atomic E-state index is 11.4. The van der Waals surface area contributed by atoms with Crippen molar-refractivity contribution in [1.82, 2.24) is 10.6 Å². The van der Waals surface area contributed by atoms with Crippen molar-refractivity contribution in [2.45, 2.75) is 31.4 Å². The molecule has 0 spiro atoms. The summed E-state index contributed by atoms with van der Waals surface area (Å²) in [5, 5.41) is 5.76. The number of amides is 2. The van der Waals surface area contributed by atoms with E-state index in [0.717, 1.165) is 6.42 Å². The summed E-state index contributed by atoms with van der Waals surface area (Å²) >= 11 is 1.90. The van der Waals surface area contributed by atoms with Gasteiger partial charge in [0.25, 0.3) is 0 Å². The molecule has 2 amide bonds. The van der Waals surface area contributed by atoms with Crippen molar-refractivity contribution in [2.24, 2.45) is 0 Å². The Hall–Kier alpha value is -0.910. The molecule has 1 saturated heterocycles. The second-order valence-electron chi connectivity index (χ2n) is 3.86. The highest BCUT2D eigenvalue weighted by atomic mass is 32.2. The van der Waals surface area contributed by atoms with Crippen molar-refractivity contribution in [1.29, 1.82) is 0 Å². The van der Waals surface area contributed by atoms with Gasteiger partial charge in [-0.2, -0.15) is 11.8 Å². The van der Waals surface area contributed by atoms with E-state index in [4.69, 9.17) is 4.74 Å². The zero-order chi connectivity index (χ0) is 12.5. The first-order chi connectivity index (χ1) is 8.22. The van der Waals surface area contributed by atoms with E-state index >= 15 is 0 Å². The van der Waals surface area contributed by atoms with E-state index < -0.39 is 5.97 Å². The van der Waals surface area contributed by atoms with Gasteiger partial charge in [0.1, 0.15) is 6.54 Å². The summed E-state index contributed by atoms with van der Waals surface area (Å²) < 4.78 is 4.70. The number of hydrogen-bond donors (Lipinski definition) is 2. The van der Waals surface area contributed by atoms with E-state index in [1.807, 2.05) is 11.8 Å². The molecule has 0 aromatic carbocycles. The maximum Gasteiger partial charge on any atom is 0.325 e. The normalized spacial score (nSPS) is 19.5. The van der Waals surface area contributed by atoms with Gasteiger partial charge in [0.05, 0.1) is 6.61 Å². The predicted molar refractivity (Wildman–Crippen MR) is 68.1 cm³/mol. The summed E-state index contributed by atoms with van der Waals surface area (Å²) in [4.78, 5) is 22.3. The van der Waals surface area contributed by atoms with E-state index in [1.165, 1.54) is 18.6 Å². The van der Waals surface area contributed by atoms with Gasteiger partial charge in [-0.15, -0.1) is 0 Å². The lowest BCUT2D eigenvalue weighted by molar-refractivity contribution is -0.141. The molecule has 0 bridgehead atoms. The molecule has 98 valence electrons. The number of urea groups is 1. The number of hydrogen-bond acceptors (Lipinski definition) is 4. The minimum atomic E-state index is -0.408. The van der Waals surface area contributed by atoms with Crippen LogP contribution in [0.1, 0.15) is 26.2 Å². The minimum absolute atomic E-state index is 0.0719. The van der Waals surface area contributed by atoms with Gasteiger partial charge in [0.15, 0.2) is 0 Å². The van der Waals surface area contributed by atoms with Crippen molar-refractivity contribution in [2.75, 3.05) is 25.4 Å². The summed E-state index contributed by atoms with van der Waals surface area (Å²) in [6.07, 6.45) is 3.67. The summed E-state index contributed by atoms with van der Waals surface area (Å²) in [5.74, 6) is 0.770. The lowest BCUT2D eigenvalue weighted by atomic mass is 10.2. The molecule has 17 heavy (non-hydrogen) atoms. The number of carbonyl (C=O) groups excluding carboxylic acids is 2. The average Bonchev–Trinajstić information content (AvgIpc) is 2.35. The van der Waals surface area contributed by atoms with Crippen molar-refractivity contribution < 1.29 is 14.3 Å². The van der Waals surface area contributed by atoms with Gasteiger partial charge in [-0.05, 0) is 25.5 Å². The Morgan fingerprint density at radius 1 is 1.35 bits per heavy atom. The molecule has 0 radical (unpaired) electrons. The molecule has 6 heteroatoms. The Kier molecular flexibility index (Phi) is 6.84. The third kappa shape index (κ3) is 6.41. The van der Waals surface area contributed by atoms with Crippen molar-refractivity contribution in [3.63, 3.8) is 0 Å². The number of esters is 1. The van der Waals surface area contributed by atoms with Gasteiger partial charge >= 0.3 is 12.0 Å². The molecule has 0 aliphatic carbocycles. The lowest BCUT2D eigenvalue weighted by Crippen LogP contribution is -2.41. The van der Waals surface area contributed by atoms with Gasteiger partial charge in [0.2, 0.25) is 0 Å². The summed E-state index contributed by atoms with van der Waals surface area (Å²) in [5.41, 5.74) is 0. The van der Waals surface area contributed by atoms with Gasteiger partial charge in [-0.3, -0.25) is 4.79 Å². The van der Waals surface area contributed by atoms with Gasteiger partial charge in [0, 0.05) is 11.8 Å². The molecule has 1 unspecified atom stereocenters. The van der Waals surface area contributed by atoms with E-state index in [2.05, 4.69) is 10.6 Å². The van der Waals surface area contributed by atoms with E-state index in [9.17, 15) is 9.59 Å². The monoisotopic (exact) mass is 260 g/mol. The third-order valence-electron chi connectivity index (χ3n) is 2.46. The maximum atomic E-state index is 11.4. The number of nitrogens with one attached hydrogen (secondary N) is 2. The molecule has 1 heterocycles. The number of thioether (sulfide) groups is 1. The number of ether oxygens (including phenoxy) is 1. The third-order valence-corrected chi connectivity index (χ3v) is 3.86. The molecule has 1 rings (SSSR count). The van der Waals surface area contributed by atoms with Crippen LogP contribution in [-0.4, -0.2) is 42.7 Å². The lowest BCUT2D eigenvalue weighted by Gasteiger charge is -2.21. The Balaban J connectivity index is 2.06. The standard InChI is InChI=1S/C11H20N2O3S/c1-2-16-10(14)8-13-11(15)12-7-9-5-3-4-6-17-9/h9H,2-8H2,1H3,(H2,12,13,15). The molecule has 5 nitrogen and oxygen atoms in total. The summed E-state index contributed by atoms with van der Waals surface area (Å²) in [7, 11) is 0. The second-order valence-corrected chi connectivity index (χ2v) is 5.27. The average molecular weight is 260 g/mol. The molecular formula is C11H20N2O3S. The highest BCUT2D eigenvalue weighted by Gasteiger charge is 2.14. The first-order valence-electron chi connectivity index (χ1n) is 6.01. The number of rotatable bonds is 5. The van der Waals surface area contributed by atoms with Crippen LogP contribution in [0.15, 0.2) is 0 Å². The van der Waals surface area contributed by atoms with Crippen LogP contribution in [0.4, 0.5) is 4.79 Å². The van der Waals surface area contributed by atoms with Crippen molar-refractivity contribution in [3.05, 3.63) is 0 Å². The molecule has 2 N–H and O–H groups in total. The van der Waals surface area contributed by atoms with Crippen LogP contribution in [0.5, 0.6) is 0 Å². The Bertz CT molecular complexity index is 255. The first-order valence-corrected chi connectivity index (χ1v) is 7.06. The fourth-order valence-corrected chi connectivity index (χ4v) is 2.84. The Labute approximate surface area is 106 Å². The van der Waals surface area contributed by atoms with Crippen LogP contribution in [0.3, 0.4) is 0 Å². The predicted octanol–water partition coefficient (Wildman–Crippen LogP) is 1.13. The zero-order valence-electron chi connectivity index (χ0n) is 10.2. The van der Waals surface area contributed by atoms with E-state index in [0.29, 0.717) is 18.4 Å². The Morgan fingerprint density at radius 3 is 2.82 bits per heavy atom. The first kappa shape index (κ1) is 14.2. The quantitative estimate of drug-likeness (QED) is 0.727. The second kappa shape index (κ2) is 8.22. The smallest absolute Gasteiger partial charge is 0.325 e. The van der Waals surface area contributed by atoms with E-state index in [-0.39, 0.29) is 12.6 Å². The Morgan fingerprint density at radius 2 is 2.18 bits per heavy atom. The largest absolute Gasteiger partial charge is 0.465 e. The van der Waals surface area contributed by atoms with Crippen LogP contribution in [0, 0.1) is 0 Å². The fourth-order valence-electron chi connectivity index (χ4n) is 1.60. The molecule has 0 saturated carbocycles. The van der Waals surface area contributed by atoms with Crippen molar-refractivity contribution >= 4 is 23.8 Å². The molecule has 1 atom stereocenters. The van der Waals surface area contributed by atoms with Gasteiger partial charge in [-0.25, -0.2) is 4.79 Å². The fraction of sp³-hybridized carbons (Fsp3) is 0.818. The molecule has 0 aromatic heterocycles. The van der Waals surface area contributed by atoms with Crippen LogP contribution < -0.4 is 10.6 Å². The molecular weight excluding hydrogens is 240 g/mol. The van der Waals surface area contributed by atoms with E-state index in [1.54, 1.807) is 6.92 Å². The minimum Gasteiger partial charge on any atom is -0.465 e.